The van der Waals surface area contributed by atoms with Crippen molar-refractivity contribution in [3.8, 4) is 0 Å². The summed E-state index contributed by atoms with van der Waals surface area (Å²) in [6, 6.07) is 12.4. The van der Waals surface area contributed by atoms with Crippen LogP contribution in [0.25, 0.3) is 0 Å². The zero-order valence-electron chi connectivity index (χ0n) is 12.2. The number of hydrogen-bond donors (Lipinski definition) is 1. The van der Waals surface area contributed by atoms with E-state index in [1.54, 1.807) is 42.1 Å². The van der Waals surface area contributed by atoms with Crippen LogP contribution in [0.5, 0.6) is 0 Å². The highest BCUT2D eigenvalue weighted by molar-refractivity contribution is 7.99. The maximum atomic E-state index is 12.2. The second-order valence-electron chi connectivity index (χ2n) is 5.06. The summed E-state index contributed by atoms with van der Waals surface area (Å²) in [7, 11) is 0. The Hall–Kier alpha value is -1.98. The molecular weight excluding hydrogens is 334 g/mol. The molecule has 1 aliphatic heterocycles. The van der Waals surface area contributed by atoms with Gasteiger partial charge in [-0.25, -0.2) is 4.79 Å². The van der Waals surface area contributed by atoms with Gasteiger partial charge in [0.2, 0.25) is 5.91 Å². The smallest absolute Gasteiger partial charge is 0.338 e. The molecule has 0 bridgehead atoms. The van der Waals surface area contributed by atoms with Crippen molar-refractivity contribution in [2.75, 3.05) is 11.1 Å². The number of nitrogens with one attached hydrogen (secondary N) is 1. The molecule has 3 rings (SSSR count). The average molecular weight is 348 g/mol. The minimum absolute atomic E-state index is 0.0410. The van der Waals surface area contributed by atoms with Crippen LogP contribution in [0.2, 0.25) is 5.02 Å². The molecule has 0 unspecified atom stereocenters. The van der Waals surface area contributed by atoms with Gasteiger partial charge < -0.3 is 10.1 Å². The van der Waals surface area contributed by atoms with E-state index in [0.717, 1.165) is 16.2 Å². The number of thioether (sulfide) groups is 1. The molecule has 0 radical (unpaired) electrons. The van der Waals surface area contributed by atoms with E-state index in [9.17, 15) is 9.59 Å². The summed E-state index contributed by atoms with van der Waals surface area (Å²) in [5.74, 6) is 0.258. The SMILES string of the molecule is O=C1CCSc2ccc(C(=O)OCc3cccc(Cl)c3)cc2N1. The molecule has 2 aromatic rings. The minimum Gasteiger partial charge on any atom is -0.457 e. The lowest BCUT2D eigenvalue weighted by molar-refractivity contribution is -0.115. The Kier molecular flexibility index (Phi) is 4.88. The fraction of sp³-hybridized carbons (Fsp3) is 0.176. The van der Waals surface area contributed by atoms with Gasteiger partial charge in [-0.1, -0.05) is 23.7 Å². The Morgan fingerprint density at radius 3 is 2.96 bits per heavy atom. The van der Waals surface area contributed by atoms with Crippen molar-refractivity contribution in [1.29, 1.82) is 0 Å². The van der Waals surface area contributed by atoms with Crippen molar-refractivity contribution in [3.05, 3.63) is 58.6 Å². The van der Waals surface area contributed by atoms with Gasteiger partial charge in [-0.15, -0.1) is 11.8 Å². The van der Waals surface area contributed by atoms with Gasteiger partial charge in [0.15, 0.2) is 0 Å². The largest absolute Gasteiger partial charge is 0.457 e. The molecular formula is C17H14ClNO3S. The van der Waals surface area contributed by atoms with Crippen molar-refractivity contribution in [2.24, 2.45) is 0 Å². The fourth-order valence-electron chi connectivity index (χ4n) is 2.21. The van der Waals surface area contributed by atoms with Gasteiger partial charge in [0.25, 0.3) is 0 Å². The zero-order chi connectivity index (χ0) is 16.2. The number of amides is 1. The molecule has 4 nitrogen and oxygen atoms in total. The van der Waals surface area contributed by atoms with Crippen molar-refractivity contribution in [1.82, 2.24) is 0 Å². The van der Waals surface area contributed by atoms with Gasteiger partial charge in [-0.3, -0.25) is 4.79 Å². The summed E-state index contributed by atoms with van der Waals surface area (Å²) in [6.07, 6.45) is 0.466. The van der Waals surface area contributed by atoms with Crippen LogP contribution in [0.4, 0.5) is 5.69 Å². The third-order valence-electron chi connectivity index (χ3n) is 3.34. The summed E-state index contributed by atoms with van der Waals surface area (Å²) in [5, 5.41) is 3.41. The first kappa shape index (κ1) is 15.9. The molecule has 0 saturated carbocycles. The maximum Gasteiger partial charge on any atom is 0.338 e. The highest BCUT2D eigenvalue weighted by atomic mass is 35.5. The van der Waals surface area contributed by atoms with E-state index in [2.05, 4.69) is 5.32 Å². The highest BCUT2D eigenvalue weighted by Crippen LogP contribution is 2.31. The number of rotatable bonds is 3. The third-order valence-corrected chi connectivity index (χ3v) is 4.65. The van der Waals surface area contributed by atoms with Crippen LogP contribution in [-0.2, 0) is 16.1 Å². The van der Waals surface area contributed by atoms with Crippen molar-refractivity contribution < 1.29 is 14.3 Å². The molecule has 6 heteroatoms. The van der Waals surface area contributed by atoms with Crippen LogP contribution < -0.4 is 5.32 Å². The zero-order valence-corrected chi connectivity index (χ0v) is 13.7. The molecule has 0 atom stereocenters. The third kappa shape index (κ3) is 4.06. The molecule has 118 valence electrons. The number of carbonyl (C=O) groups excluding carboxylic acids is 2. The molecule has 0 spiro atoms. The van der Waals surface area contributed by atoms with Gasteiger partial charge in [-0.2, -0.15) is 0 Å². The Bertz CT molecular complexity index is 763. The van der Waals surface area contributed by atoms with Gasteiger partial charge in [0.1, 0.15) is 6.61 Å². The fourth-order valence-corrected chi connectivity index (χ4v) is 3.36. The van der Waals surface area contributed by atoms with E-state index >= 15 is 0 Å². The molecule has 1 aliphatic rings. The molecule has 2 aromatic carbocycles. The van der Waals surface area contributed by atoms with Gasteiger partial charge in [0, 0.05) is 22.1 Å². The standard InChI is InChI=1S/C17H14ClNO3S/c18-13-3-1-2-11(8-13)10-22-17(21)12-4-5-15-14(9-12)19-16(20)6-7-23-15/h1-5,8-9H,6-7,10H2,(H,19,20). The predicted molar refractivity (Wildman–Crippen MR) is 91.0 cm³/mol. The molecule has 0 fully saturated rings. The second kappa shape index (κ2) is 7.06. The van der Waals surface area contributed by atoms with Crippen LogP contribution in [-0.4, -0.2) is 17.6 Å². The first-order valence-corrected chi connectivity index (χ1v) is 8.46. The molecule has 0 saturated heterocycles. The Balaban J connectivity index is 1.71. The lowest BCUT2D eigenvalue weighted by Gasteiger charge is -2.09. The number of fused-ring (bicyclic) bond motifs is 1. The Morgan fingerprint density at radius 1 is 1.26 bits per heavy atom. The quantitative estimate of drug-likeness (QED) is 0.848. The Morgan fingerprint density at radius 2 is 2.13 bits per heavy atom. The average Bonchev–Trinajstić information content (AvgIpc) is 2.72. The van der Waals surface area contributed by atoms with Crippen LogP contribution in [0.1, 0.15) is 22.3 Å². The van der Waals surface area contributed by atoms with Crippen LogP contribution in [0.15, 0.2) is 47.4 Å². The van der Waals surface area contributed by atoms with Gasteiger partial charge in [0.05, 0.1) is 11.3 Å². The first-order chi connectivity index (χ1) is 11.1. The molecule has 1 N–H and O–H groups in total. The van der Waals surface area contributed by atoms with E-state index < -0.39 is 5.97 Å². The van der Waals surface area contributed by atoms with E-state index in [4.69, 9.17) is 16.3 Å². The van der Waals surface area contributed by atoms with Crippen molar-refractivity contribution in [2.45, 2.75) is 17.9 Å². The summed E-state index contributed by atoms with van der Waals surface area (Å²) in [4.78, 5) is 24.8. The van der Waals surface area contributed by atoms with Gasteiger partial charge in [-0.05, 0) is 35.9 Å². The van der Waals surface area contributed by atoms with Crippen LogP contribution >= 0.6 is 23.4 Å². The monoisotopic (exact) mass is 347 g/mol. The van der Waals surface area contributed by atoms with E-state index in [1.807, 2.05) is 12.1 Å². The van der Waals surface area contributed by atoms with Crippen LogP contribution in [0.3, 0.4) is 0 Å². The van der Waals surface area contributed by atoms with Gasteiger partial charge >= 0.3 is 5.97 Å². The Labute approximate surface area is 143 Å². The molecule has 1 heterocycles. The summed E-state index contributed by atoms with van der Waals surface area (Å²) >= 11 is 7.50. The maximum absolute atomic E-state index is 12.2. The number of carbonyl (C=O) groups is 2. The molecule has 1 amide bonds. The number of halogens is 1. The van der Waals surface area contributed by atoms with E-state index in [1.165, 1.54) is 0 Å². The summed E-state index contributed by atoms with van der Waals surface area (Å²) in [6.45, 7) is 0.150. The topological polar surface area (TPSA) is 55.4 Å². The number of benzene rings is 2. The molecule has 23 heavy (non-hydrogen) atoms. The second-order valence-corrected chi connectivity index (χ2v) is 6.64. The minimum atomic E-state index is -0.434. The normalized spacial score (nSPS) is 13.7. The van der Waals surface area contributed by atoms with E-state index in [0.29, 0.717) is 22.7 Å². The van der Waals surface area contributed by atoms with E-state index in [-0.39, 0.29) is 12.5 Å². The predicted octanol–water partition coefficient (Wildman–Crippen LogP) is 4.13. The number of ether oxygens (including phenoxy) is 1. The first-order valence-electron chi connectivity index (χ1n) is 7.10. The lowest BCUT2D eigenvalue weighted by atomic mass is 10.2. The molecule has 0 aliphatic carbocycles. The number of hydrogen-bond acceptors (Lipinski definition) is 4. The molecule has 0 aromatic heterocycles. The summed E-state index contributed by atoms with van der Waals surface area (Å²) in [5.41, 5.74) is 1.90. The number of esters is 1. The number of anilines is 1. The lowest BCUT2D eigenvalue weighted by Crippen LogP contribution is -2.11. The summed E-state index contributed by atoms with van der Waals surface area (Å²) < 4.78 is 5.30. The van der Waals surface area contributed by atoms with Crippen LogP contribution in [0, 0.1) is 0 Å². The van der Waals surface area contributed by atoms with Crippen molar-refractivity contribution in [3.63, 3.8) is 0 Å². The highest BCUT2D eigenvalue weighted by Gasteiger charge is 2.16. The van der Waals surface area contributed by atoms with Crippen molar-refractivity contribution >= 4 is 40.9 Å².